The van der Waals surface area contributed by atoms with Crippen LogP contribution in [0.2, 0.25) is 0 Å². The maximum atomic E-state index is 12.3. The smallest absolute Gasteiger partial charge is 0.407 e. The standard InChI is InChI=1S/C24H29NO7/c1-23(2)30-19-20(26)24(32-21(19)31-23,16-28-13-17-9-5-3-6-10-17)15-25-22(27)29-14-18-11-7-4-8-12-18/h3-12,19-21,26H,13-16H2,1-2H3,(H,25,27)/t19-,20+,21+,24?/m1/s1. The Morgan fingerprint density at radius 3 is 2.22 bits per heavy atom. The molecule has 2 saturated heterocycles. The van der Waals surface area contributed by atoms with E-state index in [1.807, 2.05) is 60.7 Å². The normalized spacial score (nSPS) is 28.3. The second-order valence-corrected chi connectivity index (χ2v) is 8.49. The minimum atomic E-state index is -1.24. The molecular formula is C24H29NO7. The first-order chi connectivity index (χ1) is 15.4. The summed E-state index contributed by atoms with van der Waals surface area (Å²) in [6.45, 7) is 3.99. The van der Waals surface area contributed by atoms with Crippen molar-refractivity contribution in [2.45, 2.75) is 56.9 Å². The molecule has 2 aromatic rings. The summed E-state index contributed by atoms with van der Waals surface area (Å²) in [6, 6.07) is 19.0. The van der Waals surface area contributed by atoms with Crippen molar-refractivity contribution < 1.29 is 33.6 Å². The van der Waals surface area contributed by atoms with E-state index in [0.29, 0.717) is 6.61 Å². The van der Waals surface area contributed by atoms with E-state index in [1.165, 1.54) is 0 Å². The van der Waals surface area contributed by atoms with Crippen LogP contribution in [0.1, 0.15) is 25.0 Å². The van der Waals surface area contributed by atoms with E-state index in [2.05, 4.69) is 5.32 Å². The van der Waals surface area contributed by atoms with E-state index >= 15 is 0 Å². The Kier molecular flexibility index (Phi) is 6.78. The topological polar surface area (TPSA) is 95.5 Å². The van der Waals surface area contributed by atoms with Crippen molar-refractivity contribution in [2.75, 3.05) is 13.2 Å². The molecule has 0 radical (unpaired) electrons. The number of carbonyl (C=O) groups is 1. The molecule has 8 nitrogen and oxygen atoms in total. The molecule has 0 saturated carbocycles. The van der Waals surface area contributed by atoms with Crippen LogP contribution in [0.25, 0.3) is 0 Å². The van der Waals surface area contributed by atoms with Crippen LogP contribution in [0.5, 0.6) is 0 Å². The summed E-state index contributed by atoms with van der Waals surface area (Å²) >= 11 is 0. The number of hydrogen-bond acceptors (Lipinski definition) is 7. The molecular weight excluding hydrogens is 414 g/mol. The number of ether oxygens (including phenoxy) is 5. The Balaban J connectivity index is 1.38. The van der Waals surface area contributed by atoms with Crippen molar-refractivity contribution in [3.05, 3.63) is 71.8 Å². The van der Waals surface area contributed by atoms with Gasteiger partial charge in [-0.05, 0) is 25.0 Å². The fourth-order valence-corrected chi connectivity index (χ4v) is 3.89. The summed E-state index contributed by atoms with van der Waals surface area (Å²) in [7, 11) is 0. The maximum Gasteiger partial charge on any atom is 0.407 e. The molecule has 1 unspecified atom stereocenters. The third-order valence-electron chi connectivity index (χ3n) is 5.49. The number of aliphatic hydroxyl groups excluding tert-OH is 1. The summed E-state index contributed by atoms with van der Waals surface area (Å²) in [5.74, 6) is -0.866. The molecule has 2 N–H and O–H groups in total. The van der Waals surface area contributed by atoms with E-state index in [4.69, 9.17) is 23.7 Å². The van der Waals surface area contributed by atoms with Gasteiger partial charge in [0.2, 0.25) is 0 Å². The van der Waals surface area contributed by atoms with Gasteiger partial charge in [0.1, 0.15) is 24.4 Å². The van der Waals surface area contributed by atoms with Gasteiger partial charge < -0.3 is 34.1 Å². The minimum Gasteiger partial charge on any atom is -0.445 e. The van der Waals surface area contributed by atoms with Crippen LogP contribution >= 0.6 is 0 Å². The molecule has 2 aromatic carbocycles. The molecule has 172 valence electrons. The number of hydrogen-bond donors (Lipinski definition) is 2. The first kappa shape index (κ1) is 22.7. The fourth-order valence-electron chi connectivity index (χ4n) is 3.89. The molecule has 2 heterocycles. The van der Waals surface area contributed by atoms with Crippen LogP contribution in [-0.4, -0.2) is 54.2 Å². The molecule has 32 heavy (non-hydrogen) atoms. The Morgan fingerprint density at radius 2 is 1.59 bits per heavy atom. The molecule has 0 spiro atoms. The van der Waals surface area contributed by atoms with Gasteiger partial charge in [0.25, 0.3) is 0 Å². The average molecular weight is 443 g/mol. The van der Waals surface area contributed by atoms with Gasteiger partial charge in [-0.15, -0.1) is 0 Å². The van der Waals surface area contributed by atoms with Gasteiger partial charge in [-0.2, -0.15) is 0 Å². The Hall–Kier alpha value is -2.49. The van der Waals surface area contributed by atoms with E-state index < -0.39 is 36.0 Å². The summed E-state index contributed by atoms with van der Waals surface area (Å²) in [5.41, 5.74) is 0.616. The molecule has 2 aliphatic rings. The van der Waals surface area contributed by atoms with Crippen molar-refractivity contribution in [3.63, 3.8) is 0 Å². The Morgan fingerprint density at radius 1 is 0.969 bits per heavy atom. The summed E-state index contributed by atoms with van der Waals surface area (Å²) in [4.78, 5) is 12.3. The molecule has 8 heteroatoms. The highest BCUT2D eigenvalue weighted by atomic mass is 16.8. The third kappa shape index (κ3) is 5.28. The number of fused-ring (bicyclic) bond motifs is 1. The zero-order valence-corrected chi connectivity index (χ0v) is 18.2. The average Bonchev–Trinajstić information content (AvgIpc) is 3.22. The highest BCUT2D eigenvalue weighted by Crippen LogP contribution is 2.42. The SMILES string of the molecule is CC1(C)O[C@H]2OC(CNC(=O)OCc3ccccc3)(COCc3ccccc3)[C@@H](O)[C@H]2O1. The number of aliphatic hydroxyl groups is 1. The minimum absolute atomic E-state index is 0.0299. The summed E-state index contributed by atoms with van der Waals surface area (Å²) in [5, 5.41) is 13.7. The van der Waals surface area contributed by atoms with Crippen molar-refractivity contribution in [2.24, 2.45) is 0 Å². The van der Waals surface area contributed by atoms with Crippen LogP contribution in [0.15, 0.2) is 60.7 Å². The van der Waals surface area contributed by atoms with Gasteiger partial charge in [-0.3, -0.25) is 0 Å². The summed E-state index contributed by atoms with van der Waals surface area (Å²) in [6.07, 6.45) is -3.14. The molecule has 0 aliphatic carbocycles. The third-order valence-corrected chi connectivity index (χ3v) is 5.49. The van der Waals surface area contributed by atoms with E-state index in [1.54, 1.807) is 13.8 Å². The lowest BCUT2D eigenvalue weighted by Crippen LogP contribution is -2.55. The summed E-state index contributed by atoms with van der Waals surface area (Å²) < 4.78 is 28.8. The van der Waals surface area contributed by atoms with Gasteiger partial charge in [0.05, 0.1) is 19.8 Å². The number of amides is 1. The van der Waals surface area contributed by atoms with Crippen molar-refractivity contribution in [1.29, 1.82) is 0 Å². The first-order valence-corrected chi connectivity index (χ1v) is 10.6. The van der Waals surface area contributed by atoms with Crippen molar-refractivity contribution in [3.8, 4) is 0 Å². The van der Waals surface area contributed by atoms with Crippen molar-refractivity contribution in [1.82, 2.24) is 5.32 Å². The highest BCUT2D eigenvalue weighted by molar-refractivity contribution is 5.67. The number of rotatable bonds is 8. The van der Waals surface area contributed by atoms with Gasteiger partial charge >= 0.3 is 6.09 Å². The number of nitrogens with one attached hydrogen (secondary N) is 1. The quantitative estimate of drug-likeness (QED) is 0.648. The largest absolute Gasteiger partial charge is 0.445 e. The van der Waals surface area contributed by atoms with E-state index in [9.17, 15) is 9.90 Å². The molecule has 0 aromatic heterocycles. The second kappa shape index (κ2) is 9.56. The predicted molar refractivity (Wildman–Crippen MR) is 114 cm³/mol. The zero-order valence-electron chi connectivity index (χ0n) is 18.2. The molecule has 4 rings (SSSR count). The predicted octanol–water partition coefficient (Wildman–Crippen LogP) is 2.74. The molecule has 0 bridgehead atoms. The second-order valence-electron chi connectivity index (χ2n) is 8.49. The van der Waals surface area contributed by atoms with Crippen molar-refractivity contribution >= 4 is 6.09 Å². The van der Waals surface area contributed by atoms with Crippen LogP contribution in [-0.2, 0) is 36.9 Å². The molecule has 2 aliphatic heterocycles. The maximum absolute atomic E-state index is 12.3. The zero-order chi connectivity index (χ0) is 22.6. The first-order valence-electron chi connectivity index (χ1n) is 10.6. The molecule has 1 amide bonds. The Bertz CT molecular complexity index is 892. The Labute approximate surface area is 187 Å². The van der Waals surface area contributed by atoms with Crippen LogP contribution in [0, 0.1) is 0 Å². The molecule has 4 atom stereocenters. The van der Waals surface area contributed by atoms with Gasteiger partial charge in [-0.1, -0.05) is 60.7 Å². The number of carbonyl (C=O) groups excluding carboxylic acids is 1. The molecule has 2 fully saturated rings. The van der Waals surface area contributed by atoms with Gasteiger partial charge in [0.15, 0.2) is 12.1 Å². The number of alkyl carbamates (subject to hydrolysis) is 1. The van der Waals surface area contributed by atoms with Gasteiger partial charge in [-0.25, -0.2) is 4.79 Å². The van der Waals surface area contributed by atoms with E-state index in [-0.39, 0.29) is 19.8 Å². The monoisotopic (exact) mass is 443 g/mol. The number of benzene rings is 2. The lowest BCUT2D eigenvalue weighted by Gasteiger charge is -2.34. The van der Waals surface area contributed by atoms with Gasteiger partial charge in [0, 0.05) is 0 Å². The van der Waals surface area contributed by atoms with Crippen LogP contribution in [0.4, 0.5) is 4.79 Å². The van der Waals surface area contributed by atoms with Crippen LogP contribution < -0.4 is 5.32 Å². The lowest BCUT2D eigenvalue weighted by molar-refractivity contribution is -0.247. The highest BCUT2D eigenvalue weighted by Gasteiger charge is 2.61. The lowest BCUT2D eigenvalue weighted by atomic mass is 9.96. The fraction of sp³-hybridized carbons (Fsp3) is 0.458. The van der Waals surface area contributed by atoms with Crippen LogP contribution in [0.3, 0.4) is 0 Å². The van der Waals surface area contributed by atoms with E-state index in [0.717, 1.165) is 11.1 Å².